The number of rotatable bonds is 5. The zero-order valence-corrected chi connectivity index (χ0v) is 16.2. The van der Waals surface area contributed by atoms with E-state index in [0.717, 1.165) is 27.5 Å². The number of carbonyl (C=O) groups excluding carboxylic acids is 1. The number of hydrogen-bond acceptors (Lipinski definition) is 3. The molecule has 0 saturated heterocycles. The first-order chi connectivity index (χ1) is 12.0. The molecule has 3 rings (SSSR count). The molecule has 0 aliphatic rings. The highest BCUT2D eigenvalue weighted by Crippen LogP contribution is 2.29. The van der Waals surface area contributed by atoms with Crippen molar-refractivity contribution in [2.24, 2.45) is 0 Å². The molecule has 0 aliphatic carbocycles. The molecule has 2 aromatic heterocycles. The molecule has 0 amide bonds. The van der Waals surface area contributed by atoms with Gasteiger partial charge in [-0.15, -0.1) is 0 Å². The van der Waals surface area contributed by atoms with Crippen LogP contribution in [0.5, 0.6) is 0 Å². The summed E-state index contributed by atoms with van der Waals surface area (Å²) < 4.78 is 14.1. The summed E-state index contributed by atoms with van der Waals surface area (Å²) in [4.78, 5) is 12.4. The topological polar surface area (TPSA) is 43.3 Å². The van der Waals surface area contributed by atoms with Crippen molar-refractivity contribution in [3.05, 3.63) is 63.6 Å². The molecule has 0 atom stereocenters. The van der Waals surface area contributed by atoms with Crippen LogP contribution >= 0.6 is 15.9 Å². The lowest BCUT2D eigenvalue weighted by atomic mass is 10.1. The van der Waals surface area contributed by atoms with Crippen LogP contribution in [0.4, 0.5) is 0 Å². The average molecular weight is 403 g/mol. The van der Waals surface area contributed by atoms with E-state index >= 15 is 0 Å². The van der Waals surface area contributed by atoms with E-state index in [2.05, 4.69) is 52.7 Å². The van der Waals surface area contributed by atoms with Crippen molar-refractivity contribution >= 4 is 32.9 Å². The summed E-state index contributed by atoms with van der Waals surface area (Å²) in [5.41, 5.74) is 3.90. The Kier molecular flexibility index (Phi) is 5.23. The number of halogens is 1. The molecule has 0 spiro atoms. The van der Waals surface area contributed by atoms with E-state index in [1.54, 1.807) is 6.92 Å². The van der Waals surface area contributed by atoms with Crippen molar-refractivity contribution in [2.45, 2.75) is 33.7 Å². The summed E-state index contributed by atoms with van der Waals surface area (Å²) in [6.45, 7) is 6.85. The molecule has 4 nitrogen and oxygen atoms in total. The van der Waals surface area contributed by atoms with E-state index in [4.69, 9.17) is 9.15 Å². The predicted molar refractivity (Wildman–Crippen MR) is 99.7 cm³/mol. The van der Waals surface area contributed by atoms with E-state index in [-0.39, 0.29) is 5.76 Å². The number of pyridine rings is 1. The number of ether oxygens (including phenoxy) is 1. The van der Waals surface area contributed by atoms with Gasteiger partial charge in [0.2, 0.25) is 5.76 Å². The smallest absolute Gasteiger partial charge is 0.374 e. The van der Waals surface area contributed by atoms with Crippen molar-refractivity contribution in [1.29, 1.82) is 0 Å². The SMILES string of the molecule is CCOC(=O)c1oc2ccc(Br)cc2c1C[n+]1cc(CC)ccc1C. The summed E-state index contributed by atoms with van der Waals surface area (Å²) in [6.07, 6.45) is 3.09. The Morgan fingerprint density at radius 2 is 2.04 bits per heavy atom. The first kappa shape index (κ1) is 17.7. The van der Waals surface area contributed by atoms with Crippen molar-refractivity contribution in [3.63, 3.8) is 0 Å². The number of nitrogens with zero attached hydrogens (tertiary/aromatic N) is 1. The molecule has 0 aliphatic heterocycles. The third kappa shape index (κ3) is 3.61. The van der Waals surface area contributed by atoms with Gasteiger partial charge in [-0.05, 0) is 37.6 Å². The summed E-state index contributed by atoms with van der Waals surface area (Å²) in [6, 6.07) is 9.98. The molecule has 2 heterocycles. The standard InChI is InChI=1S/C20H21BrNO3/c1-4-14-7-6-13(3)22(11-14)12-17-16-10-15(21)8-9-18(16)25-19(17)20(23)24-5-2/h6-11H,4-5,12H2,1-3H3/q+1. The van der Waals surface area contributed by atoms with Crippen LogP contribution < -0.4 is 4.57 Å². The van der Waals surface area contributed by atoms with Gasteiger partial charge in [0.25, 0.3) is 0 Å². The summed E-state index contributed by atoms with van der Waals surface area (Å²) in [5, 5.41) is 0.922. The second kappa shape index (κ2) is 7.40. The number of aromatic nitrogens is 1. The molecule has 0 saturated carbocycles. The fourth-order valence-corrected chi connectivity index (χ4v) is 3.22. The molecular formula is C20H21BrNO3+. The number of benzene rings is 1. The molecule has 5 heteroatoms. The predicted octanol–water partition coefficient (Wildman–Crippen LogP) is 4.58. The van der Waals surface area contributed by atoms with Crippen molar-refractivity contribution in [2.75, 3.05) is 6.61 Å². The van der Waals surface area contributed by atoms with Crippen LogP contribution in [-0.4, -0.2) is 12.6 Å². The Bertz CT molecular complexity index is 930. The highest BCUT2D eigenvalue weighted by Gasteiger charge is 2.25. The third-order valence-corrected chi connectivity index (χ3v) is 4.76. The monoisotopic (exact) mass is 402 g/mol. The fourth-order valence-electron chi connectivity index (χ4n) is 2.86. The minimum Gasteiger partial charge on any atom is -0.460 e. The van der Waals surface area contributed by atoms with E-state index in [9.17, 15) is 4.79 Å². The Hall–Kier alpha value is -2.14. The number of carbonyl (C=O) groups is 1. The van der Waals surface area contributed by atoms with Crippen molar-refractivity contribution in [1.82, 2.24) is 0 Å². The minimum absolute atomic E-state index is 0.281. The lowest BCUT2D eigenvalue weighted by Gasteiger charge is -2.04. The summed E-state index contributed by atoms with van der Waals surface area (Å²) in [5.74, 6) is -0.140. The zero-order chi connectivity index (χ0) is 18.0. The van der Waals surface area contributed by atoms with Gasteiger partial charge in [0.05, 0.1) is 12.2 Å². The highest BCUT2D eigenvalue weighted by atomic mass is 79.9. The van der Waals surface area contributed by atoms with Crippen molar-refractivity contribution in [3.8, 4) is 0 Å². The molecule has 0 unspecified atom stereocenters. The number of aryl methyl sites for hydroxylation is 2. The number of esters is 1. The Morgan fingerprint density at radius 1 is 1.24 bits per heavy atom. The maximum Gasteiger partial charge on any atom is 0.374 e. The average Bonchev–Trinajstić information content (AvgIpc) is 2.95. The Balaban J connectivity index is 2.14. The summed E-state index contributed by atoms with van der Waals surface area (Å²) >= 11 is 3.50. The molecule has 1 aromatic carbocycles. The van der Waals surface area contributed by atoms with Crippen LogP contribution in [0.15, 0.2) is 45.4 Å². The molecule has 0 fully saturated rings. The lowest BCUT2D eigenvalue weighted by molar-refractivity contribution is -0.694. The van der Waals surface area contributed by atoms with Gasteiger partial charge >= 0.3 is 5.97 Å². The maximum atomic E-state index is 12.4. The first-order valence-corrected chi connectivity index (χ1v) is 9.19. The molecule has 0 bridgehead atoms. The zero-order valence-electron chi connectivity index (χ0n) is 14.6. The normalized spacial score (nSPS) is 11.0. The maximum absolute atomic E-state index is 12.4. The van der Waals surface area contributed by atoms with Gasteiger partial charge in [-0.3, -0.25) is 0 Å². The van der Waals surface area contributed by atoms with E-state index < -0.39 is 5.97 Å². The van der Waals surface area contributed by atoms with Gasteiger partial charge in [-0.25, -0.2) is 4.79 Å². The van der Waals surface area contributed by atoms with E-state index in [1.165, 1.54) is 5.56 Å². The van der Waals surface area contributed by atoms with Crippen LogP contribution in [0.25, 0.3) is 11.0 Å². The largest absolute Gasteiger partial charge is 0.460 e. The van der Waals surface area contributed by atoms with Gasteiger partial charge in [0, 0.05) is 28.4 Å². The molecule has 3 aromatic rings. The molecule has 0 N–H and O–H groups in total. The van der Waals surface area contributed by atoms with Crippen molar-refractivity contribution < 1.29 is 18.5 Å². The van der Waals surface area contributed by atoms with Crippen LogP contribution in [0.1, 0.15) is 41.2 Å². The Morgan fingerprint density at radius 3 is 2.76 bits per heavy atom. The highest BCUT2D eigenvalue weighted by molar-refractivity contribution is 9.10. The third-order valence-electron chi connectivity index (χ3n) is 4.26. The van der Waals surface area contributed by atoms with Crippen LogP contribution in [-0.2, 0) is 17.7 Å². The van der Waals surface area contributed by atoms with E-state index in [1.807, 2.05) is 18.2 Å². The Labute approximate surface area is 155 Å². The minimum atomic E-state index is -0.422. The lowest BCUT2D eigenvalue weighted by Crippen LogP contribution is -2.38. The van der Waals surface area contributed by atoms with Gasteiger partial charge in [-0.1, -0.05) is 22.9 Å². The van der Waals surface area contributed by atoms with Crippen LogP contribution in [0.2, 0.25) is 0 Å². The van der Waals surface area contributed by atoms with Gasteiger partial charge in [-0.2, -0.15) is 4.57 Å². The molecule has 25 heavy (non-hydrogen) atoms. The molecule has 130 valence electrons. The quantitative estimate of drug-likeness (QED) is 0.463. The van der Waals surface area contributed by atoms with Gasteiger partial charge < -0.3 is 9.15 Å². The number of furan rings is 1. The van der Waals surface area contributed by atoms with Gasteiger partial charge in [0.1, 0.15) is 5.58 Å². The fraction of sp³-hybridized carbons (Fsp3) is 0.300. The number of fused-ring (bicyclic) bond motifs is 1. The second-order valence-electron chi connectivity index (χ2n) is 5.93. The van der Waals surface area contributed by atoms with E-state index in [0.29, 0.717) is 18.7 Å². The van der Waals surface area contributed by atoms with Crippen LogP contribution in [0, 0.1) is 6.92 Å². The van der Waals surface area contributed by atoms with Crippen LogP contribution in [0.3, 0.4) is 0 Å². The number of hydrogen-bond donors (Lipinski definition) is 0. The first-order valence-electron chi connectivity index (χ1n) is 8.40. The molecular weight excluding hydrogens is 382 g/mol. The second-order valence-corrected chi connectivity index (χ2v) is 6.85. The van der Waals surface area contributed by atoms with Gasteiger partial charge in [0.15, 0.2) is 18.4 Å². The summed E-state index contributed by atoms with van der Waals surface area (Å²) in [7, 11) is 0. The molecule has 0 radical (unpaired) electrons.